The predicted octanol–water partition coefficient (Wildman–Crippen LogP) is 3.89. The normalized spacial score (nSPS) is 24.2. The van der Waals surface area contributed by atoms with Crippen molar-refractivity contribution in [2.45, 2.75) is 64.2 Å². The number of hydrogen-bond donors (Lipinski definition) is 1. The molecule has 0 amide bonds. The second kappa shape index (κ2) is 9.77. The second-order valence-corrected chi connectivity index (χ2v) is 9.26. The fourth-order valence-corrected chi connectivity index (χ4v) is 4.44. The number of nitrogens with one attached hydrogen (secondary N) is 1. The van der Waals surface area contributed by atoms with Crippen LogP contribution in [0.1, 0.15) is 39.8 Å². The summed E-state index contributed by atoms with van der Waals surface area (Å²) in [5.74, 6) is -1.40. The standard InChI is InChI=1S/C21H22Cl3N3O7/c1-8(28)31-7-14-18(32-9(2)29)19(33-10(3)30)20(34-14)27-13-6-12(22)15(23)16(24)17(13)26-21(27)25-11-4-5-11/h6,11,14,18-20H,4-5,7H2,1-3H3,(H,25,26)/t14-,18-,19-,20-/m0/s1. The Kier molecular flexibility index (Phi) is 7.14. The van der Waals surface area contributed by atoms with Crippen molar-refractivity contribution in [3.05, 3.63) is 21.1 Å². The van der Waals surface area contributed by atoms with Gasteiger partial charge in [0.1, 0.15) is 18.2 Å². The number of hydrogen-bond acceptors (Lipinski definition) is 9. The highest BCUT2D eigenvalue weighted by atomic mass is 35.5. The molecule has 1 aliphatic heterocycles. The third-order valence-electron chi connectivity index (χ3n) is 5.33. The van der Waals surface area contributed by atoms with Crippen LogP contribution >= 0.6 is 34.8 Å². The van der Waals surface area contributed by atoms with E-state index < -0.39 is 42.4 Å². The Morgan fingerprint density at radius 2 is 1.71 bits per heavy atom. The summed E-state index contributed by atoms with van der Waals surface area (Å²) in [5, 5.41) is 3.79. The predicted molar refractivity (Wildman–Crippen MR) is 123 cm³/mol. The molecule has 13 heteroatoms. The van der Waals surface area contributed by atoms with Crippen molar-refractivity contribution < 1.29 is 33.3 Å². The molecule has 10 nitrogen and oxygen atoms in total. The minimum atomic E-state index is -1.09. The monoisotopic (exact) mass is 533 g/mol. The van der Waals surface area contributed by atoms with Crippen LogP contribution in [0.4, 0.5) is 5.95 Å². The van der Waals surface area contributed by atoms with Crippen LogP contribution in [0.25, 0.3) is 11.0 Å². The second-order valence-electron chi connectivity index (χ2n) is 8.09. The maximum absolute atomic E-state index is 12.0. The fourth-order valence-electron chi connectivity index (χ4n) is 3.81. The minimum absolute atomic E-state index is 0.146. The molecule has 0 spiro atoms. The SMILES string of the molecule is CC(=O)OC[C@@H]1O[C@H](n2c(NC3CC3)nc3c(Cl)c(Cl)c(Cl)cc32)[C@@H](OC(C)=O)[C@H]1OC(C)=O. The molecule has 1 saturated heterocycles. The van der Waals surface area contributed by atoms with Gasteiger partial charge in [0, 0.05) is 26.8 Å². The van der Waals surface area contributed by atoms with Crippen LogP contribution in [0.15, 0.2) is 6.07 Å². The lowest BCUT2D eigenvalue weighted by Crippen LogP contribution is -2.40. The number of benzene rings is 1. The molecule has 2 heterocycles. The highest BCUT2D eigenvalue weighted by molar-refractivity contribution is 6.50. The third-order valence-corrected chi connectivity index (χ3v) is 6.58. The Hall–Kier alpha value is -2.27. The largest absolute Gasteiger partial charge is 0.463 e. The topological polar surface area (TPSA) is 118 Å². The van der Waals surface area contributed by atoms with Crippen LogP contribution in [0.5, 0.6) is 0 Å². The number of halogens is 3. The molecule has 1 N–H and O–H groups in total. The Labute approximate surface area is 209 Å². The van der Waals surface area contributed by atoms with Crippen molar-refractivity contribution in [1.29, 1.82) is 0 Å². The van der Waals surface area contributed by atoms with Gasteiger partial charge in [0.2, 0.25) is 5.95 Å². The molecule has 1 aromatic heterocycles. The molecule has 0 unspecified atom stereocenters. The van der Waals surface area contributed by atoms with Crippen LogP contribution in [-0.4, -0.2) is 58.4 Å². The van der Waals surface area contributed by atoms with E-state index >= 15 is 0 Å². The van der Waals surface area contributed by atoms with Gasteiger partial charge in [0.15, 0.2) is 18.4 Å². The van der Waals surface area contributed by atoms with Gasteiger partial charge >= 0.3 is 17.9 Å². The summed E-state index contributed by atoms with van der Waals surface area (Å²) < 4.78 is 23.9. The Morgan fingerprint density at radius 3 is 2.29 bits per heavy atom. The summed E-state index contributed by atoms with van der Waals surface area (Å²) >= 11 is 19.0. The quantitative estimate of drug-likeness (QED) is 0.320. The number of aromatic nitrogens is 2. The first-order valence-corrected chi connectivity index (χ1v) is 11.7. The van der Waals surface area contributed by atoms with Gasteiger partial charge in [-0.3, -0.25) is 19.0 Å². The third kappa shape index (κ3) is 5.05. The number of rotatable bonds is 7. The van der Waals surface area contributed by atoms with E-state index in [0.717, 1.165) is 12.8 Å². The van der Waals surface area contributed by atoms with E-state index in [2.05, 4.69) is 10.3 Å². The highest BCUT2D eigenvalue weighted by Gasteiger charge is 2.51. The van der Waals surface area contributed by atoms with Gasteiger partial charge < -0.3 is 24.3 Å². The van der Waals surface area contributed by atoms with Crippen molar-refractivity contribution >= 4 is 69.7 Å². The van der Waals surface area contributed by atoms with Gasteiger partial charge in [0.05, 0.1) is 20.6 Å². The van der Waals surface area contributed by atoms with Gasteiger partial charge in [-0.2, -0.15) is 0 Å². The number of esters is 3. The number of carbonyl (C=O) groups is 3. The summed E-state index contributed by atoms with van der Waals surface area (Å²) in [6.45, 7) is 3.46. The molecule has 4 rings (SSSR count). The smallest absolute Gasteiger partial charge is 0.303 e. The van der Waals surface area contributed by atoms with Gasteiger partial charge in [-0.05, 0) is 18.9 Å². The van der Waals surface area contributed by atoms with Crippen molar-refractivity contribution in [3.8, 4) is 0 Å². The average molecular weight is 535 g/mol. The fraction of sp³-hybridized carbons (Fsp3) is 0.524. The summed E-state index contributed by atoms with van der Waals surface area (Å²) in [4.78, 5) is 39.9. The van der Waals surface area contributed by atoms with E-state index in [-0.39, 0.29) is 27.7 Å². The molecule has 4 atom stereocenters. The zero-order chi connectivity index (χ0) is 24.7. The lowest BCUT2D eigenvalue weighted by Gasteiger charge is -2.25. The van der Waals surface area contributed by atoms with Gasteiger partial charge in [-0.15, -0.1) is 0 Å². The summed E-state index contributed by atoms with van der Waals surface area (Å²) in [7, 11) is 0. The van der Waals surface area contributed by atoms with Crippen molar-refractivity contribution in [2.75, 3.05) is 11.9 Å². The first kappa shape index (κ1) is 24.8. The summed E-state index contributed by atoms with van der Waals surface area (Å²) in [5.41, 5.74) is 0.816. The molecule has 1 aliphatic carbocycles. The Morgan fingerprint density at radius 1 is 1.06 bits per heavy atom. The van der Waals surface area contributed by atoms with Crippen LogP contribution in [0.2, 0.25) is 15.1 Å². The summed E-state index contributed by atoms with van der Waals surface area (Å²) in [6, 6.07) is 1.76. The van der Waals surface area contributed by atoms with E-state index in [9.17, 15) is 14.4 Å². The molecular weight excluding hydrogens is 513 g/mol. The van der Waals surface area contributed by atoms with Crippen LogP contribution in [0.3, 0.4) is 0 Å². The van der Waals surface area contributed by atoms with Crippen LogP contribution < -0.4 is 5.32 Å². The van der Waals surface area contributed by atoms with Crippen molar-refractivity contribution in [2.24, 2.45) is 0 Å². The lowest BCUT2D eigenvalue weighted by atomic mass is 10.1. The van der Waals surface area contributed by atoms with Crippen molar-refractivity contribution in [1.82, 2.24) is 9.55 Å². The maximum atomic E-state index is 12.0. The number of ether oxygens (including phenoxy) is 4. The number of nitrogens with zero attached hydrogens (tertiary/aromatic N) is 2. The average Bonchev–Trinajstić information content (AvgIpc) is 3.42. The zero-order valence-corrected chi connectivity index (χ0v) is 20.7. The van der Waals surface area contributed by atoms with E-state index in [4.69, 9.17) is 53.8 Å². The number of carbonyl (C=O) groups excluding carboxylic acids is 3. The van der Waals surface area contributed by atoms with Gasteiger partial charge in [-0.1, -0.05) is 34.8 Å². The van der Waals surface area contributed by atoms with E-state index in [1.807, 2.05) is 0 Å². The van der Waals surface area contributed by atoms with E-state index in [0.29, 0.717) is 17.0 Å². The van der Waals surface area contributed by atoms with E-state index in [1.54, 1.807) is 10.6 Å². The van der Waals surface area contributed by atoms with Crippen molar-refractivity contribution in [3.63, 3.8) is 0 Å². The lowest BCUT2D eigenvalue weighted by molar-refractivity contribution is -0.166. The maximum Gasteiger partial charge on any atom is 0.303 e. The molecule has 1 aromatic carbocycles. The minimum Gasteiger partial charge on any atom is -0.463 e. The molecule has 2 aromatic rings. The molecular formula is C21H22Cl3N3O7. The first-order chi connectivity index (χ1) is 16.1. The molecule has 184 valence electrons. The van der Waals surface area contributed by atoms with Gasteiger partial charge in [0.25, 0.3) is 0 Å². The van der Waals surface area contributed by atoms with Crippen LogP contribution in [-0.2, 0) is 33.3 Å². The number of anilines is 1. The molecule has 1 saturated carbocycles. The first-order valence-electron chi connectivity index (χ1n) is 10.5. The molecule has 2 aliphatic rings. The van der Waals surface area contributed by atoms with E-state index in [1.165, 1.54) is 20.8 Å². The number of fused-ring (bicyclic) bond motifs is 1. The zero-order valence-electron chi connectivity index (χ0n) is 18.5. The molecule has 2 fully saturated rings. The Balaban J connectivity index is 1.85. The number of imidazole rings is 1. The molecule has 34 heavy (non-hydrogen) atoms. The van der Waals surface area contributed by atoms with Crippen LogP contribution in [0, 0.1) is 0 Å². The highest BCUT2D eigenvalue weighted by Crippen LogP contribution is 2.43. The molecule has 0 bridgehead atoms. The summed E-state index contributed by atoms with van der Waals surface area (Å²) in [6.07, 6.45) is -2.20. The Bertz CT molecular complexity index is 1150. The molecule has 0 radical (unpaired) electrons. The van der Waals surface area contributed by atoms with Gasteiger partial charge in [-0.25, -0.2) is 4.98 Å².